The normalized spacial score (nSPS) is 45.9. The van der Waals surface area contributed by atoms with Crippen molar-refractivity contribution in [2.75, 3.05) is 13.7 Å². The summed E-state index contributed by atoms with van der Waals surface area (Å²) in [5, 5.41) is 142. The average molecular weight is 1460 g/mol. The molecule has 0 aromatic heterocycles. The van der Waals surface area contributed by atoms with Crippen LogP contribution in [0.1, 0.15) is 186 Å². The molecule has 4 heterocycles. The first-order chi connectivity index (χ1) is 47.7. The summed E-state index contributed by atoms with van der Waals surface area (Å²) >= 11 is 0. The van der Waals surface area contributed by atoms with Gasteiger partial charge in [0.1, 0.15) is 79.5 Å². The van der Waals surface area contributed by atoms with Gasteiger partial charge in [-0.15, -0.1) is 0 Å². The molecule has 0 spiro atoms. The Morgan fingerprint density at radius 2 is 1.22 bits per heavy atom. The number of hydrogen-bond acceptors (Lipinski definition) is 28. The summed E-state index contributed by atoms with van der Waals surface area (Å²) in [6.45, 7) is 22.5. The van der Waals surface area contributed by atoms with E-state index >= 15 is 4.79 Å². The van der Waals surface area contributed by atoms with E-state index in [1.54, 1.807) is 13.8 Å². The van der Waals surface area contributed by atoms with E-state index < -0.39 is 223 Å². The molecule has 9 rings (SSSR count). The first-order valence-corrected chi connectivity index (χ1v) is 37.0. The van der Waals surface area contributed by atoms with Crippen molar-refractivity contribution < 1.29 is 142 Å². The van der Waals surface area contributed by atoms with Crippen molar-refractivity contribution in [3.05, 3.63) is 11.6 Å². The Labute approximate surface area is 597 Å². The minimum atomic E-state index is -2.19. The van der Waals surface area contributed by atoms with Crippen LogP contribution < -0.4 is 0 Å². The minimum absolute atomic E-state index is 0.0156. The van der Waals surface area contributed by atoms with Crippen molar-refractivity contribution in [2.45, 2.75) is 339 Å². The van der Waals surface area contributed by atoms with Gasteiger partial charge in [0.2, 0.25) is 6.29 Å². The Kier molecular flexibility index (Phi) is 26.2. The maximum Gasteiger partial charge on any atom is 0.335 e. The Morgan fingerprint density at radius 1 is 0.618 bits per heavy atom. The van der Waals surface area contributed by atoms with Gasteiger partial charge in [0.25, 0.3) is 0 Å². The highest BCUT2D eigenvalue weighted by Crippen LogP contribution is 2.76. The van der Waals surface area contributed by atoms with E-state index in [0.29, 0.717) is 70.6 Å². The number of fused-ring (bicyclic) bond motifs is 7. The highest BCUT2D eigenvalue weighted by molar-refractivity contribution is 5.79. The molecule has 0 bridgehead atoms. The maximum atomic E-state index is 15.6. The summed E-state index contributed by atoms with van der Waals surface area (Å²) in [7, 11) is 1.32. The van der Waals surface area contributed by atoms with Gasteiger partial charge in [-0.05, 0) is 129 Å². The van der Waals surface area contributed by atoms with Crippen molar-refractivity contribution in [3.8, 4) is 0 Å². The molecule has 5 aliphatic carbocycles. The van der Waals surface area contributed by atoms with Gasteiger partial charge in [-0.25, -0.2) is 4.79 Å². The molecule has 102 heavy (non-hydrogen) atoms. The Balaban J connectivity index is 0.931. The van der Waals surface area contributed by atoms with Crippen LogP contribution in [-0.4, -0.2) is 264 Å². The van der Waals surface area contributed by atoms with Crippen LogP contribution in [0.2, 0.25) is 0 Å². The molecule has 0 unspecified atom stereocenters. The Morgan fingerprint density at radius 3 is 1.84 bits per heavy atom. The van der Waals surface area contributed by atoms with Crippen LogP contribution in [0.3, 0.4) is 0 Å². The molecule has 4 saturated heterocycles. The number of aliphatic hydroxyl groups is 12. The molecule has 29 heteroatoms. The SMILES string of the molecule is CC[C@H](C)[C@H](C[C@H](O)CC(=O)O[C@H]1[C@@H](O)[C@@H](C)O[C@@H](OC(=O)[C@]23CCC(C)(C)C[C@H]2C2=CC[C@@H]4[C@@]5(C)CC[C@H](O[C@@H]6O[C@H](C(=O)O)[C@@H](O)[C@H](O[C@@H]7O[C@@H](C)[C@H](O)[C@@H](O)[C@H]7O)[C@H]6O[C@@H]6O[C@H](CO)[C@H](O)[C@H](O)[C@H]6O)[C@@](C)(C=O)[C@@H]5CC[C@@]4(C)[C@]2(C)CC3)[C@@H]1OC)OC(=O)C[C@@H](O)C[C@H](O)[C@@H](C)CC. The fourth-order valence-electron chi connectivity index (χ4n) is 19.3. The smallest absolute Gasteiger partial charge is 0.335 e. The van der Waals surface area contributed by atoms with Crippen LogP contribution in [-0.2, 0) is 76.1 Å². The minimum Gasteiger partial charge on any atom is -0.479 e. The number of aldehydes is 1. The summed E-state index contributed by atoms with van der Waals surface area (Å²) in [6, 6.07) is 0. The van der Waals surface area contributed by atoms with E-state index in [9.17, 15) is 85.6 Å². The fraction of sp³-hybridized carbons (Fsp3) is 0.904. The lowest BCUT2D eigenvalue weighted by atomic mass is 9.33. The number of aliphatic carboxylic acids is 1. The van der Waals surface area contributed by atoms with Gasteiger partial charge in [0.15, 0.2) is 37.2 Å². The molecule has 4 saturated carbocycles. The van der Waals surface area contributed by atoms with Crippen LogP contribution in [0.4, 0.5) is 0 Å². The highest BCUT2D eigenvalue weighted by Gasteiger charge is 2.71. The van der Waals surface area contributed by atoms with Crippen molar-refractivity contribution in [1.29, 1.82) is 0 Å². The monoisotopic (exact) mass is 1460 g/mol. The van der Waals surface area contributed by atoms with Crippen molar-refractivity contribution >= 4 is 30.2 Å². The summed E-state index contributed by atoms with van der Waals surface area (Å²) < 4.78 is 67.0. The summed E-state index contributed by atoms with van der Waals surface area (Å²) in [5.41, 5.74) is -2.97. The van der Waals surface area contributed by atoms with E-state index in [1.807, 2.05) is 27.7 Å². The molecule has 0 radical (unpaired) electrons. The molecule has 4 aliphatic heterocycles. The van der Waals surface area contributed by atoms with E-state index in [2.05, 4.69) is 40.7 Å². The first kappa shape index (κ1) is 82.5. The number of methoxy groups -OCH3 is 1. The number of hydrogen-bond donors (Lipinski definition) is 13. The first-order valence-electron chi connectivity index (χ1n) is 37.0. The molecule has 9 aliphatic rings. The van der Waals surface area contributed by atoms with Gasteiger partial charge >= 0.3 is 23.9 Å². The van der Waals surface area contributed by atoms with E-state index in [4.69, 9.17) is 52.1 Å². The number of carbonyl (C=O) groups excluding carboxylic acids is 4. The van der Waals surface area contributed by atoms with Gasteiger partial charge in [0, 0.05) is 20.0 Å². The van der Waals surface area contributed by atoms with Crippen LogP contribution in [0, 0.1) is 62.1 Å². The zero-order valence-electron chi connectivity index (χ0n) is 61.3. The second-order valence-corrected chi connectivity index (χ2v) is 33.2. The van der Waals surface area contributed by atoms with Crippen molar-refractivity contribution in [1.82, 2.24) is 0 Å². The molecule has 0 aromatic carbocycles. The van der Waals surface area contributed by atoms with E-state index in [0.717, 1.165) is 11.9 Å². The molecular formula is C73H118O29. The average Bonchev–Trinajstić information content (AvgIpc) is 0.673. The number of carboxylic acid groups (broad SMARTS) is 1. The van der Waals surface area contributed by atoms with Gasteiger partial charge in [0.05, 0.1) is 66.9 Å². The third kappa shape index (κ3) is 15.7. The lowest BCUT2D eigenvalue weighted by Crippen LogP contribution is -2.69. The second kappa shape index (κ2) is 32.4. The third-order valence-electron chi connectivity index (χ3n) is 26.5. The van der Waals surface area contributed by atoms with Gasteiger partial charge in [-0.1, -0.05) is 93.7 Å². The van der Waals surface area contributed by atoms with Gasteiger partial charge < -0.3 is 123 Å². The summed E-state index contributed by atoms with van der Waals surface area (Å²) in [5.74, 6) is -4.95. The van der Waals surface area contributed by atoms with Crippen molar-refractivity contribution in [2.24, 2.45) is 62.1 Å². The molecule has 35 atom stereocenters. The lowest BCUT2D eigenvalue weighted by Gasteiger charge is -2.71. The zero-order chi connectivity index (χ0) is 75.4. The van der Waals surface area contributed by atoms with Gasteiger partial charge in [-0.2, -0.15) is 0 Å². The van der Waals surface area contributed by atoms with E-state index in [-0.39, 0.29) is 54.8 Å². The number of carboxylic acids is 1. The molecule has 0 aromatic rings. The fourth-order valence-corrected chi connectivity index (χ4v) is 19.3. The van der Waals surface area contributed by atoms with Crippen LogP contribution >= 0.6 is 0 Å². The lowest BCUT2D eigenvalue weighted by molar-refractivity contribution is -0.394. The maximum absolute atomic E-state index is 15.6. The number of esters is 3. The molecular weight excluding hydrogens is 1340 g/mol. The second-order valence-electron chi connectivity index (χ2n) is 33.2. The molecule has 13 N–H and O–H groups in total. The summed E-state index contributed by atoms with van der Waals surface area (Å²) in [4.78, 5) is 69.7. The standard InChI is InChI=1S/C73H118O29/c1-14-33(3)41(78)26-37(76)28-47(79)95-42(34(4)15-2)27-38(77)29-48(80)98-57-50(82)36(6)94-65(60(57)92-13)102-67(91)73-24-22-68(7,8)30-40(73)39-16-17-45-69(9)20-19-46(70(10,32-75)44(69)18-21-72(45,12)71(39,11)23-25-73)97-66-61(101-64-55(87)53(85)51(83)43(31-74)96-64)58(56(88)59(100-66)62(89)90)99-63-54(86)52(84)49(81)35(5)93-63/h16,32-38,40-46,49-61,63-66,74,76-78,81-88H,14-15,17-31H2,1-13H3,(H,89,90)/t33-,34-,35-,36+,37-,38-,40-,41-,42-,43+,44+,45+,46-,49-,50-,51-,52+,53-,54+,55+,56-,57-,58-,59-,60+,61+,63-,64-,65-,66+,69-,70-,71+,72+,73-/m0/s1. The predicted molar refractivity (Wildman–Crippen MR) is 355 cm³/mol. The van der Waals surface area contributed by atoms with Crippen LogP contribution in [0.25, 0.3) is 0 Å². The quantitative estimate of drug-likeness (QED) is 0.0194. The van der Waals surface area contributed by atoms with Crippen molar-refractivity contribution in [3.63, 3.8) is 0 Å². The largest absolute Gasteiger partial charge is 0.479 e. The highest BCUT2D eigenvalue weighted by atomic mass is 16.8. The molecule has 0 amide bonds. The molecule has 584 valence electrons. The number of allylic oxidation sites excluding steroid dienone is 2. The van der Waals surface area contributed by atoms with Crippen LogP contribution in [0.15, 0.2) is 11.6 Å². The number of aliphatic hydroxyl groups excluding tert-OH is 12. The number of rotatable bonds is 26. The Bertz CT molecular complexity index is 2920. The summed E-state index contributed by atoms with van der Waals surface area (Å²) in [6.07, 6.45) is -31.4. The van der Waals surface area contributed by atoms with Crippen LogP contribution in [0.5, 0.6) is 0 Å². The Hall–Kier alpha value is -3.51. The number of ether oxygens (including phenoxy) is 11. The topological polar surface area (TPSA) is 450 Å². The predicted octanol–water partition coefficient (Wildman–Crippen LogP) is 2.14. The zero-order valence-corrected chi connectivity index (χ0v) is 61.3. The molecule has 8 fully saturated rings. The molecule has 29 nitrogen and oxygen atoms in total. The third-order valence-corrected chi connectivity index (χ3v) is 26.5. The van der Waals surface area contributed by atoms with E-state index in [1.165, 1.54) is 14.0 Å². The van der Waals surface area contributed by atoms with Gasteiger partial charge in [-0.3, -0.25) is 14.4 Å². The number of carbonyl (C=O) groups is 5.